The zero-order valence-electron chi connectivity index (χ0n) is 15.3. The van der Waals surface area contributed by atoms with Crippen molar-refractivity contribution in [2.75, 3.05) is 13.1 Å². The van der Waals surface area contributed by atoms with Gasteiger partial charge in [0.2, 0.25) is 0 Å². The molecule has 2 aromatic rings. The second kappa shape index (κ2) is 8.95. The topological polar surface area (TPSA) is 74.6 Å². The molecule has 1 saturated heterocycles. The molecule has 6 nitrogen and oxygen atoms in total. The number of halogens is 1. The fourth-order valence-corrected chi connectivity index (χ4v) is 3.41. The number of rotatable bonds is 5. The number of amides is 3. The number of carbonyl (C=O) groups excluding carboxylic acids is 2. The Morgan fingerprint density at radius 2 is 1.93 bits per heavy atom. The van der Waals surface area contributed by atoms with E-state index < -0.39 is 0 Å². The third kappa shape index (κ3) is 5.04. The molecule has 2 heterocycles. The van der Waals surface area contributed by atoms with Gasteiger partial charge in [-0.05, 0) is 49.1 Å². The number of nitrogens with zero attached hydrogens (tertiary/aromatic N) is 1. The Morgan fingerprint density at radius 1 is 1.22 bits per heavy atom. The largest absolute Gasteiger partial charge is 0.459 e. The lowest BCUT2D eigenvalue weighted by molar-refractivity contribution is 0.0676. The number of hydrogen-bond donors (Lipinski definition) is 2. The van der Waals surface area contributed by atoms with E-state index in [9.17, 15) is 9.59 Å². The minimum Gasteiger partial charge on any atom is -0.459 e. The molecule has 1 fully saturated rings. The van der Waals surface area contributed by atoms with Gasteiger partial charge < -0.3 is 20.0 Å². The third-order valence-electron chi connectivity index (χ3n) is 4.84. The summed E-state index contributed by atoms with van der Waals surface area (Å²) < 4.78 is 5.17. The summed E-state index contributed by atoms with van der Waals surface area (Å²) in [7, 11) is 0. The molecule has 1 aliphatic rings. The van der Waals surface area contributed by atoms with E-state index in [4.69, 9.17) is 16.0 Å². The van der Waals surface area contributed by atoms with Crippen LogP contribution < -0.4 is 10.6 Å². The van der Waals surface area contributed by atoms with Gasteiger partial charge in [-0.2, -0.15) is 0 Å². The highest BCUT2D eigenvalue weighted by atomic mass is 35.5. The van der Waals surface area contributed by atoms with Gasteiger partial charge in [-0.15, -0.1) is 0 Å². The molecule has 1 aliphatic heterocycles. The summed E-state index contributed by atoms with van der Waals surface area (Å²) in [5, 5.41) is 6.71. The van der Waals surface area contributed by atoms with Gasteiger partial charge in [0.05, 0.1) is 12.3 Å². The van der Waals surface area contributed by atoms with Crippen LogP contribution in [0.25, 0.3) is 0 Å². The van der Waals surface area contributed by atoms with E-state index in [0.717, 1.165) is 24.8 Å². The molecule has 0 aliphatic carbocycles. The lowest BCUT2D eigenvalue weighted by atomic mass is 10.0. The Morgan fingerprint density at radius 3 is 2.52 bits per heavy atom. The van der Waals surface area contributed by atoms with Crippen molar-refractivity contribution in [1.29, 1.82) is 0 Å². The molecular formula is C20H24ClN3O3. The molecule has 7 heteroatoms. The van der Waals surface area contributed by atoms with E-state index in [0.29, 0.717) is 23.9 Å². The minimum atomic E-state index is -0.187. The van der Waals surface area contributed by atoms with Crippen LogP contribution in [0.2, 0.25) is 5.02 Å². The van der Waals surface area contributed by atoms with Crippen molar-refractivity contribution in [2.45, 2.75) is 38.3 Å². The molecule has 3 amide bonds. The van der Waals surface area contributed by atoms with Gasteiger partial charge in [0.15, 0.2) is 5.76 Å². The van der Waals surface area contributed by atoms with Gasteiger partial charge in [-0.25, -0.2) is 4.79 Å². The van der Waals surface area contributed by atoms with Crippen molar-refractivity contribution in [1.82, 2.24) is 15.5 Å². The summed E-state index contributed by atoms with van der Waals surface area (Å²) in [6.07, 6.45) is 3.72. The predicted octanol–water partition coefficient (Wildman–Crippen LogP) is 3.99. The van der Waals surface area contributed by atoms with Crippen LogP contribution in [0.4, 0.5) is 4.79 Å². The monoisotopic (exact) mass is 389 g/mol. The Labute approximate surface area is 163 Å². The van der Waals surface area contributed by atoms with Crippen LogP contribution >= 0.6 is 11.6 Å². The zero-order valence-corrected chi connectivity index (χ0v) is 16.0. The number of hydrogen-bond acceptors (Lipinski definition) is 3. The molecule has 0 spiro atoms. The van der Waals surface area contributed by atoms with Crippen molar-refractivity contribution < 1.29 is 14.0 Å². The summed E-state index contributed by atoms with van der Waals surface area (Å²) in [5.41, 5.74) is 1.02. The maximum Gasteiger partial charge on any atom is 0.315 e. The van der Waals surface area contributed by atoms with E-state index in [1.165, 1.54) is 6.26 Å². The van der Waals surface area contributed by atoms with Gasteiger partial charge in [0.25, 0.3) is 5.91 Å². The van der Waals surface area contributed by atoms with Crippen LogP contribution in [0.3, 0.4) is 0 Å². The van der Waals surface area contributed by atoms with Gasteiger partial charge in [0.1, 0.15) is 0 Å². The van der Waals surface area contributed by atoms with Gasteiger partial charge in [0, 0.05) is 24.2 Å². The summed E-state index contributed by atoms with van der Waals surface area (Å²) in [6, 6.07) is 10.7. The van der Waals surface area contributed by atoms with E-state index in [1.54, 1.807) is 17.0 Å². The highest BCUT2D eigenvalue weighted by Crippen LogP contribution is 2.19. The Balaban J connectivity index is 1.47. The molecule has 0 radical (unpaired) electrons. The number of benzene rings is 1. The Hall–Kier alpha value is -2.47. The van der Waals surface area contributed by atoms with Crippen molar-refractivity contribution in [2.24, 2.45) is 0 Å². The van der Waals surface area contributed by atoms with Crippen LogP contribution in [-0.2, 0) is 0 Å². The van der Waals surface area contributed by atoms with Crippen LogP contribution in [-0.4, -0.2) is 36.0 Å². The van der Waals surface area contributed by atoms with E-state index in [-0.39, 0.29) is 24.0 Å². The number of piperidine rings is 1. The van der Waals surface area contributed by atoms with Crippen molar-refractivity contribution in [3.05, 3.63) is 59.0 Å². The van der Waals surface area contributed by atoms with Crippen molar-refractivity contribution in [3.63, 3.8) is 0 Å². The van der Waals surface area contributed by atoms with E-state index in [2.05, 4.69) is 10.6 Å². The normalized spacial score (nSPS) is 16.0. The fraction of sp³-hybridized carbons (Fsp3) is 0.400. The highest BCUT2D eigenvalue weighted by molar-refractivity contribution is 6.30. The van der Waals surface area contributed by atoms with Crippen molar-refractivity contribution in [3.8, 4) is 0 Å². The maximum atomic E-state index is 12.4. The first kappa shape index (κ1) is 19.3. The SMILES string of the molecule is CCC(NC(=O)NC1CCN(C(=O)c2ccco2)CC1)c1ccc(Cl)cc1. The first-order valence-corrected chi connectivity index (χ1v) is 9.60. The predicted molar refractivity (Wildman–Crippen MR) is 104 cm³/mol. The average molecular weight is 390 g/mol. The summed E-state index contributed by atoms with van der Waals surface area (Å²) in [6.45, 7) is 3.22. The number of carbonyl (C=O) groups is 2. The van der Waals surface area contributed by atoms with E-state index in [1.807, 2.05) is 31.2 Å². The first-order valence-electron chi connectivity index (χ1n) is 9.22. The van der Waals surface area contributed by atoms with Crippen LogP contribution in [0.1, 0.15) is 48.3 Å². The molecule has 3 rings (SSSR count). The fourth-order valence-electron chi connectivity index (χ4n) is 3.28. The number of urea groups is 1. The number of likely N-dealkylation sites (tertiary alicyclic amines) is 1. The molecule has 1 aromatic carbocycles. The molecule has 1 aromatic heterocycles. The maximum absolute atomic E-state index is 12.4. The second-order valence-electron chi connectivity index (χ2n) is 6.67. The number of furan rings is 1. The van der Waals surface area contributed by atoms with Gasteiger partial charge in [-0.3, -0.25) is 4.79 Å². The molecule has 1 unspecified atom stereocenters. The van der Waals surface area contributed by atoms with Crippen LogP contribution in [0, 0.1) is 0 Å². The van der Waals surface area contributed by atoms with E-state index >= 15 is 0 Å². The van der Waals surface area contributed by atoms with Gasteiger partial charge >= 0.3 is 6.03 Å². The zero-order chi connectivity index (χ0) is 19.2. The van der Waals surface area contributed by atoms with Crippen molar-refractivity contribution >= 4 is 23.5 Å². The third-order valence-corrected chi connectivity index (χ3v) is 5.09. The standard InChI is InChI=1S/C20H24ClN3O3/c1-2-17(14-5-7-15(21)8-6-14)23-20(26)22-16-9-11-24(12-10-16)19(25)18-4-3-13-27-18/h3-8,13,16-17H,2,9-12H2,1H3,(H2,22,23,26). The smallest absolute Gasteiger partial charge is 0.315 e. The van der Waals surface area contributed by atoms with Crippen LogP contribution in [0.5, 0.6) is 0 Å². The lowest BCUT2D eigenvalue weighted by Gasteiger charge is -2.32. The minimum absolute atomic E-state index is 0.0494. The molecule has 1 atom stereocenters. The average Bonchev–Trinajstić information content (AvgIpc) is 3.22. The molecule has 2 N–H and O–H groups in total. The van der Waals surface area contributed by atoms with Crippen LogP contribution in [0.15, 0.2) is 47.1 Å². The summed E-state index contributed by atoms with van der Waals surface area (Å²) in [4.78, 5) is 26.4. The summed E-state index contributed by atoms with van der Waals surface area (Å²) >= 11 is 5.93. The molecule has 27 heavy (non-hydrogen) atoms. The number of nitrogens with one attached hydrogen (secondary N) is 2. The Bertz CT molecular complexity index is 753. The molecular weight excluding hydrogens is 366 g/mol. The second-order valence-corrected chi connectivity index (χ2v) is 7.11. The highest BCUT2D eigenvalue weighted by Gasteiger charge is 2.26. The quantitative estimate of drug-likeness (QED) is 0.811. The Kier molecular flexibility index (Phi) is 6.40. The lowest BCUT2D eigenvalue weighted by Crippen LogP contribution is -2.49. The first-order chi connectivity index (χ1) is 13.1. The van der Waals surface area contributed by atoms with Gasteiger partial charge in [-0.1, -0.05) is 30.7 Å². The summed E-state index contributed by atoms with van der Waals surface area (Å²) in [5.74, 6) is 0.254. The molecule has 144 valence electrons. The molecule has 0 bridgehead atoms. The molecule has 0 saturated carbocycles.